The molecule has 150 valence electrons. The maximum Gasteiger partial charge on any atom is 0.391 e. The lowest BCUT2D eigenvalue weighted by Crippen LogP contribution is -2.48. The number of ether oxygens (including phenoxy) is 1. The van der Waals surface area contributed by atoms with Gasteiger partial charge in [0.1, 0.15) is 0 Å². The second-order valence-electron chi connectivity index (χ2n) is 6.77. The number of β-amino-alcohol motifs (C(OH)–C–C–N with tert-alkyl or cyclic N) is 1. The molecule has 0 saturated carbocycles. The van der Waals surface area contributed by atoms with E-state index in [4.69, 9.17) is 4.74 Å². The van der Waals surface area contributed by atoms with Gasteiger partial charge in [0.2, 0.25) is 0 Å². The number of hydrogen-bond donors (Lipinski definition) is 1. The first-order chi connectivity index (χ1) is 12.3. The van der Waals surface area contributed by atoms with Gasteiger partial charge < -0.3 is 14.7 Å². The van der Waals surface area contributed by atoms with Gasteiger partial charge in [0.25, 0.3) is 0 Å². The first-order valence-corrected chi connectivity index (χ1v) is 10.4. The summed E-state index contributed by atoms with van der Waals surface area (Å²) in [7, 11) is 0. The van der Waals surface area contributed by atoms with Crippen LogP contribution in [0, 0.1) is 0 Å². The highest BCUT2D eigenvalue weighted by Gasteiger charge is 2.42. The van der Waals surface area contributed by atoms with Crippen LogP contribution < -0.4 is 0 Å². The number of likely N-dealkylation sites (tertiary alicyclic amines) is 1. The summed E-state index contributed by atoms with van der Waals surface area (Å²) in [5, 5.41) is 9.64. The number of thiophene rings is 1. The Morgan fingerprint density at radius 2 is 1.96 bits per heavy atom. The summed E-state index contributed by atoms with van der Waals surface area (Å²) in [6.07, 6.45) is -3.28. The van der Waals surface area contributed by atoms with Crippen molar-refractivity contribution in [2.24, 2.45) is 0 Å². The second-order valence-corrected chi connectivity index (χ2v) is 7.99. The van der Waals surface area contributed by atoms with Gasteiger partial charge in [-0.05, 0) is 30.9 Å². The molecule has 7 heteroatoms. The van der Waals surface area contributed by atoms with Crippen molar-refractivity contribution in [1.82, 2.24) is 4.90 Å². The molecule has 3 heterocycles. The molecule has 1 N–H and O–H groups in total. The highest BCUT2D eigenvalue weighted by molar-refractivity contribution is 7.12. The summed E-state index contributed by atoms with van der Waals surface area (Å²) in [6, 6.07) is 2.26. The molecule has 2 aliphatic heterocycles. The van der Waals surface area contributed by atoms with Gasteiger partial charge in [0.15, 0.2) is 0 Å². The zero-order valence-electron chi connectivity index (χ0n) is 15.9. The van der Waals surface area contributed by atoms with E-state index in [0.29, 0.717) is 19.7 Å². The van der Waals surface area contributed by atoms with Crippen molar-refractivity contribution in [2.45, 2.75) is 70.8 Å². The molecule has 1 saturated heterocycles. The zero-order chi connectivity index (χ0) is 19.4. The molecule has 0 bridgehead atoms. The van der Waals surface area contributed by atoms with Crippen molar-refractivity contribution >= 4 is 11.3 Å². The fourth-order valence-electron chi connectivity index (χ4n) is 3.79. The molecule has 0 aromatic carbocycles. The number of aryl methyl sites for hydroxylation is 1. The molecule has 0 radical (unpaired) electrons. The van der Waals surface area contributed by atoms with Gasteiger partial charge >= 0.3 is 6.18 Å². The molecule has 1 aromatic heterocycles. The molecule has 1 spiro atoms. The first-order valence-electron chi connectivity index (χ1n) is 9.54. The summed E-state index contributed by atoms with van der Waals surface area (Å²) in [5.41, 5.74) is 1.02. The predicted octanol–water partition coefficient (Wildman–Crippen LogP) is 4.51. The highest BCUT2D eigenvalue weighted by atomic mass is 32.1. The van der Waals surface area contributed by atoms with E-state index in [1.165, 1.54) is 15.3 Å². The number of piperidine rings is 1. The molecule has 1 atom stereocenters. The third kappa shape index (κ3) is 5.21. The quantitative estimate of drug-likeness (QED) is 0.817. The van der Waals surface area contributed by atoms with Gasteiger partial charge in [-0.2, -0.15) is 13.2 Å². The van der Waals surface area contributed by atoms with Gasteiger partial charge in [-0.25, -0.2) is 0 Å². The Bertz CT molecular complexity index is 566. The minimum atomic E-state index is -4.31. The summed E-state index contributed by atoms with van der Waals surface area (Å²) < 4.78 is 43.2. The zero-order valence-corrected chi connectivity index (χ0v) is 16.7. The van der Waals surface area contributed by atoms with Crippen LogP contribution in [0.15, 0.2) is 6.07 Å². The Kier molecular flexibility index (Phi) is 7.53. The summed E-state index contributed by atoms with van der Waals surface area (Å²) in [5.74, 6) is 0. The van der Waals surface area contributed by atoms with Crippen LogP contribution in [0.25, 0.3) is 0 Å². The fourth-order valence-corrected chi connectivity index (χ4v) is 4.96. The number of hydrogen-bond acceptors (Lipinski definition) is 4. The summed E-state index contributed by atoms with van der Waals surface area (Å²) in [6.45, 7) is 8.26. The van der Waals surface area contributed by atoms with Crippen LogP contribution in [0.4, 0.5) is 13.2 Å². The Labute approximate surface area is 158 Å². The van der Waals surface area contributed by atoms with E-state index < -0.39 is 18.7 Å². The molecule has 26 heavy (non-hydrogen) atoms. The minimum absolute atomic E-state index is 0.0757. The predicted molar refractivity (Wildman–Crippen MR) is 98.7 cm³/mol. The lowest BCUT2D eigenvalue weighted by atomic mass is 9.82. The van der Waals surface area contributed by atoms with Crippen molar-refractivity contribution in [1.29, 1.82) is 0 Å². The van der Waals surface area contributed by atoms with E-state index in [9.17, 15) is 18.3 Å². The lowest BCUT2D eigenvalue weighted by Gasteiger charge is -2.44. The van der Waals surface area contributed by atoms with E-state index in [-0.39, 0.29) is 12.1 Å². The first kappa shape index (κ1) is 21.7. The lowest BCUT2D eigenvalue weighted by molar-refractivity contribution is -0.157. The van der Waals surface area contributed by atoms with Crippen LogP contribution in [-0.4, -0.2) is 48.5 Å². The largest absolute Gasteiger partial charge is 0.391 e. The molecule has 2 aliphatic rings. The van der Waals surface area contributed by atoms with Crippen LogP contribution in [0.3, 0.4) is 0 Å². The van der Waals surface area contributed by atoms with Crippen molar-refractivity contribution in [3.8, 4) is 0 Å². The minimum Gasteiger partial charge on any atom is -0.391 e. The van der Waals surface area contributed by atoms with E-state index in [0.717, 1.165) is 25.7 Å². The molecule has 0 amide bonds. The van der Waals surface area contributed by atoms with Crippen LogP contribution in [-0.2, 0) is 23.2 Å². The highest BCUT2D eigenvalue weighted by Crippen LogP contribution is 2.44. The maximum absolute atomic E-state index is 12.3. The van der Waals surface area contributed by atoms with E-state index >= 15 is 0 Å². The molecule has 1 fully saturated rings. The van der Waals surface area contributed by atoms with E-state index in [2.05, 4.69) is 13.0 Å². The third-order valence-corrected chi connectivity index (χ3v) is 6.35. The third-order valence-electron chi connectivity index (χ3n) is 5.01. The van der Waals surface area contributed by atoms with Crippen LogP contribution in [0.2, 0.25) is 0 Å². The Morgan fingerprint density at radius 1 is 1.31 bits per heavy atom. The Morgan fingerprint density at radius 3 is 2.54 bits per heavy atom. The Balaban J connectivity index is 0.00000117. The summed E-state index contributed by atoms with van der Waals surface area (Å²) in [4.78, 5) is 4.70. The number of fused-ring (bicyclic) bond motifs is 2. The molecule has 1 unspecified atom stereocenters. The van der Waals surface area contributed by atoms with Crippen LogP contribution in [0.1, 0.15) is 55.4 Å². The van der Waals surface area contributed by atoms with Crippen molar-refractivity contribution in [3.63, 3.8) is 0 Å². The van der Waals surface area contributed by atoms with Gasteiger partial charge in [0.05, 0.1) is 24.7 Å². The van der Waals surface area contributed by atoms with Crippen LogP contribution in [0.5, 0.6) is 0 Å². The maximum atomic E-state index is 12.3. The number of alkyl halides is 3. The van der Waals surface area contributed by atoms with Crippen molar-refractivity contribution in [2.75, 3.05) is 26.2 Å². The topological polar surface area (TPSA) is 32.7 Å². The number of halogens is 3. The molecule has 0 aliphatic carbocycles. The molecular weight excluding hydrogens is 363 g/mol. The van der Waals surface area contributed by atoms with Crippen LogP contribution >= 0.6 is 11.3 Å². The Hall–Kier alpha value is -0.630. The number of aliphatic hydroxyl groups is 1. The van der Waals surface area contributed by atoms with E-state index in [1.54, 1.807) is 0 Å². The molecular formula is C19H30F3NO2S. The smallest absolute Gasteiger partial charge is 0.391 e. The van der Waals surface area contributed by atoms with Crippen molar-refractivity contribution < 1.29 is 23.0 Å². The molecule has 3 nitrogen and oxygen atoms in total. The van der Waals surface area contributed by atoms with Gasteiger partial charge in [-0.1, -0.05) is 20.8 Å². The normalized spacial score (nSPS) is 21.0. The standard InChI is InChI=1S/C17H24F3NO2S.C2H6/c1-2-13-9-14-15(24-13)3-8-23-16(14)4-6-21(7-5-16)11-12(22)10-17(18,19)20;1-2/h9,12,22H,2-8,10-11H2,1H3;1-2H3. The monoisotopic (exact) mass is 393 g/mol. The average molecular weight is 394 g/mol. The average Bonchev–Trinajstić information content (AvgIpc) is 3.02. The van der Waals surface area contributed by atoms with Gasteiger partial charge in [-0.15, -0.1) is 11.3 Å². The molecule has 3 rings (SSSR count). The molecule has 1 aromatic rings. The van der Waals surface area contributed by atoms with Gasteiger partial charge in [-0.3, -0.25) is 0 Å². The van der Waals surface area contributed by atoms with E-state index in [1.807, 2.05) is 30.1 Å². The number of rotatable bonds is 4. The number of aliphatic hydroxyl groups excluding tert-OH is 1. The fraction of sp³-hybridized carbons (Fsp3) is 0.789. The van der Waals surface area contributed by atoms with Crippen molar-refractivity contribution in [3.05, 3.63) is 21.4 Å². The number of nitrogens with zero attached hydrogens (tertiary/aromatic N) is 1. The second kappa shape index (κ2) is 9.04. The van der Waals surface area contributed by atoms with Gasteiger partial charge in [0, 0.05) is 35.8 Å². The summed E-state index contributed by atoms with van der Waals surface area (Å²) >= 11 is 1.86. The SMILES string of the molecule is CC.CCc1cc2c(s1)CCOC21CCN(CC(O)CC(F)(F)F)CC1.